The van der Waals surface area contributed by atoms with Gasteiger partial charge in [-0.1, -0.05) is 11.6 Å². The third-order valence-corrected chi connectivity index (χ3v) is 5.16. The molecular weight excluding hydrogens is 314 g/mol. The lowest BCUT2D eigenvalue weighted by molar-refractivity contribution is -0.142. The maximum Gasteiger partial charge on any atom is 0.320 e. The number of likely N-dealkylation sites (tertiary alicyclic amines) is 1. The van der Waals surface area contributed by atoms with Gasteiger partial charge in [0.1, 0.15) is 10.4 Å². The highest BCUT2D eigenvalue weighted by molar-refractivity contribution is 9.10. The van der Waals surface area contributed by atoms with Crippen LogP contribution in [0.1, 0.15) is 17.7 Å². The number of nitrogens with zero attached hydrogens (tertiary/aromatic N) is 1. The molecule has 1 N–H and O–H groups in total. The summed E-state index contributed by atoms with van der Waals surface area (Å²) in [5, 5.41) is 9.05. The number of carboxylic acid groups (broad SMARTS) is 1. The molecule has 1 saturated heterocycles. The molecular formula is C10H11BrClNO2S. The van der Waals surface area contributed by atoms with Gasteiger partial charge < -0.3 is 5.11 Å². The van der Waals surface area contributed by atoms with E-state index in [4.69, 9.17) is 16.7 Å². The zero-order valence-electron chi connectivity index (χ0n) is 8.45. The lowest BCUT2D eigenvalue weighted by Crippen LogP contribution is -2.35. The van der Waals surface area contributed by atoms with Gasteiger partial charge in [-0.15, -0.1) is 11.3 Å². The summed E-state index contributed by atoms with van der Waals surface area (Å²) in [6, 6.07) is 1.63. The first-order valence-corrected chi connectivity index (χ1v) is 6.97. The van der Waals surface area contributed by atoms with Crippen molar-refractivity contribution >= 4 is 44.8 Å². The third kappa shape index (κ3) is 2.59. The van der Waals surface area contributed by atoms with Crippen LogP contribution in [0, 0.1) is 0 Å². The van der Waals surface area contributed by atoms with Crippen LogP contribution in [0.15, 0.2) is 10.5 Å². The number of rotatable bonds is 3. The van der Waals surface area contributed by atoms with E-state index in [2.05, 4.69) is 15.9 Å². The van der Waals surface area contributed by atoms with Gasteiger partial charge in [-0.3, -0.25) is 9.69 Å². The van der Waals surface area contributed by atoms with Crippen molar-refractivity contribution in [1.82, 2.24) is 4.90 Å². The Morgan fingerprint density at radius 3 is 3.06 bits per heavy atom. The Labute approximate surface area is 111 Å². The van der Waals surface area contributed by atoms with E-state index >= 15 is 0 Å². The molecule has 1 fully saturated rings. The minimum absolute atomic E-state index is 0.334. The Bertz CT molecular complexity index is 390. The summed E-state index contributed by atoms with van der Waals surface area (Å²) in [6.07, 6.45) is 1.70. The Morgan fingerprint density at radius 2 is 2.50 bits per heavy atom. The topological polar surface area (TPSA) is 40.5 Å². The number of carbonyl (C=O) groups is 1. The lowest BCUT2D eigenvalue weighted by atomic mass is 10.2. The van der Waals surface area contributed by atoms with Gasteiger partial charge in [0.25, 0.3) is 0 Å². The smallest absolute Gasteiger partial charge is 0.320 e. The van der Waals surface area contributed by atoms with Crippen molar-refractivity contribution in [2.75, 3.05) is 6.54 Å². The third-order valence-electron chi connectivity index (χ3n) is 2.70. The average Bonchev–Trinajstić information content (AvgIpc) is 2.75. The molecule has 0 spiro atoms. The second kappa shape index (κ2) is 5.04. The summed E-state index contributed by atoms with van der Waals surface area (Å²) >= 11 is 10.8. The molecule has 0 saturated carbocycles. The summed E-state index contributed by atoms with van der Waals surface area (Å²) in [5.41, 5.74) is 0. The Kier molecular flexibility index (Phi) is 3.89. The van der Waals surface area contributed by atoms with Gasteiger partial charge in [-0.05, 0) is 41.4 Å². The molecule has 1 aromatic heterocycles. The highest BCUT2D eigenvalue weighted by atomic mass is 79.9. The maximum atomic E-state index is 11.0. The van der Waals surface area contributed by atoms with E-state index in [9.17, 15) is 4.79 Å². The van der Waals surface area contributed by atoms with Crippen LogP contribution in [0.4, 0.5) is 0 Å². The number of hydrogen-bond donors (Lipinski definition) is 1. The average molecular weight is 325 g/mol. The maximum absolute atomic E-state index is 11.0. The normalized spacial score (nSPS) is 21.5. The predicted octanol–water partition coefficient (Wildman–Crippen LogP) is 3.21. The van der Waals surface area contributed by atoms with Gasteiger partial charge in [-0.2, -0.15) is 0 Å². The van der Waals surface area contributed by atoms with Gasteiger partial charge in [0.05, 0.1) is 0 Å². The molecule has 0 amide bonds. The highest BCUT2D eigenvalue weighted by Crippen LogP contribution is 2.33. The first-order chi connectivity index (χ1) is 7.58. The molecule has 3 nitrogen and oxygen atoms in total. The minimum atomic E-state index is -0.723. The van der Waals surface area contributed by atoms with Crippen LogP contribution in [-0.4, -0.2) is 28.6 Å². The molecule has 0 aliphatic carbocycles. The Hall–Kier alpha value is -0.100. The van der Waals surface area contributed by atoms with E-state index in [1.54, 1.807) is 0 Å². The quantitative estimate of drug-likeness (QED) is 0.928. The molecule has 2 rings (SSSR count). The van der Waals surface area contributed by atoms with Crippen molar-refractivity contribution in [3.05, 3.63) is 19.8 Å². The van der Waals surface area contributed by atoms with Crippen molar-refractivity contribution in [3.63, 3.8) is 0 Å². The minimum Gasteiger partial charge on any atom is -0.480 e. The zero-order chi connectivity index (χ0) is 11.7. The van der Waals surface area contributed by atoms with Crippen LogP contribution < -0.4 is 0 Å². The van der Waals surface area contributed by atoms with E-state index in [0.717, 1.165) is 33.1 Å². The molecule has 2 heterocycles. The highest BCUT2D eigenvalue weighted by Gasteiger charge is 2.30. The molecule has 1 aromatic rings. The van der Waals surface area contributed by atoms with Gasteiger partial charge in [0.15, 0.2) is 0 Å². The molecule has 6 heteroatoms. The molecule has 0 radical (unpaired) electrons. The summed E-state index contributed by atoms with van der Waals surface area (Å²) in [7, 11) is 0. The molecule has 1 aliphatic heterocycles. The molecule has 1 atom stereocenters. The van der Waals surface area contributed by atoms with Crippen molar-refractivity contribution in [3.8, 4) is 0 Å². The SMILES string of the molecule is O=C(O)[C@@H]1CCCN1Cc1cc(Br)c(Cl)s1. The number of thiophene rings is 1. The number of hydrogen-bond acceptors (Lipinski definition) is 3. The van der Waals surface area contributed by atoms with Crippen molar-refractivity contribution in [2.45, 2.75) is 25.4 Å². The summed E-state index contributed by atoms with van der Waals surface area (Å²) in [6.45, 7) is 1.52. The standard InChI is InChI=1S/C10H11BrClNO2S/c11-7-4-6(16-9(7)12)5-13-3-1-2-8(13)10(14)15/h4,8H,1-3,5H2,(H,14,15)/t8-/m0/s1. The Morgan fingerprint density at radius 1 is 1.75 bits per heavy atom. The van der Waals surface area contributed by atoms with Gasteiger partial charge in [0, 0.05) is 15.9 Å². The first-order valence-electron chi connectivity index (χ1n) is 4.98. The van der Waals surface area contributed by atoms with Crippen LogP contribution in [0.5, 0.6) is 0 Å². The summed E-state index contributed by atoms with van der Waals surface area (Å²) in [5.74, 6) is -0.723. The first kappa shape index (κ1) is 12.4. The number of carboxylic acids is 1. The van der Waals surface area contributed by atoms with Crippen LogP contribution in [0.25, 0.3) is 0 Å². The summed E-state index contributed by atoms with van der Waals surface area (Å²) in [4.78, 5) is 14.1. The fourth-order valence-electron chi connectivity index (χ4n) is 1.96. The number of halogens is 2. The van der Waals surface area contributed by atoms with Crippen LogP contribution >= 0.6 is 38.9 Å². The van der Waals surface area contributed by atoms with E-state index in [1.807, 2.05) is 11.0 Å². The van der Waals surface area contributed by atoms with Crippen molar-refractivity contribution < 1.29 is 9.90 Å². The molecule has 0 aromatic carbocycles. The summed E-state index contributed by atoms with van der Waals surface area (Å²) < 4.78 is 1.61. The molecule has 0 unspecified atom stereocenters. The van der Waals surface area contributed by atoms with Gasteiger partial charge >= 0.3 is 5.97 Å². The lowest BCUT2D eigenvalue weighted by Gasteiger charge is -2.19. The Balaban J connectivity index is 2.06. The van der Waals surface area contributed by atoms with Gasteiger partial charge in [-0.25, -0.2) is 0 Å². The van der Waals surface area contributed by atoms with E-state index < -0.39 is 5.97 Å². The van der Waals surface area contributed by atoms with E-state index in [0.29, 0.717) is 6.54 Å². The largest absolute Gasteiger partial charge is 0.480 e. The molecule has 1 aliphatic rings. The predicted molar refractivity (Wildman–Crippen MR) is 68.1 cm³/mol. The second-order valence-corrected chi connectivity index (χ2v) is 6.39. The van der Waals surface area contributed by atoms with E-state index in [1.165, 1.54) is 11.3 Å². The van der Waals surface area contributed by atoms with Gasteiger partial charge in [0.2, 0.25) is 0 Å². The van der Waals surface area contributed by atoms with Crippen molar-refractivity contribution in [2.24, 2.45) is 0 Å². The number of aliphatic carboxylic acids is 1. The van der Waals surface area contributed by atoms with Crippen LogP contribution in [-0.2, 0) is 11.3 Å². The van der Waals surface area contributed by atoms with Crippen LogP contribution in [0.3, 0.4) is 0 Å². The second-order valence-electron chi connectivity index (χ2n) is 3.80. The fraction of sp³-hybridized carbons (Fsp3) is 0.500. The van der Waals surface area contributed by atoms with E-state index in [-0.39, 0.29) is 6.04 Å². The molecule has 16 heavy (non-hydrogen) atoms. The molecule has 0 bridgehead atoms. The van der Waals surface area contributed by atoms with Crippen molar-refractivity contribution in [1.29, 1.82) is 0 Å². The monoisotopic (exact) mass is 323 g/mol. The zero-order valence-corrected chi connectivity index (χ0v) is 11.6. The molecule has 88 valence electrons. The fourth-order valence-corrected chi connectivity index (χ4v) is 3.78. The van der Waals surface area contributed by atoms with Crippen LogP contribution in [0.2, 0.25) is 4.34 Å².